The van der Waals surface area contributed by atoms with Gasteiger partial charge in [-0.2, -0.15) is 0 Å². The summed E-state index contributed by atoms with van der Waals surface area (Å²) >= 11 is 0. The van der Waals surface area contributed by atoms with Gasteiger partial charge in [-0.3, -0.25) is 4.79 Å². The first-order valence-electron chi connectivity index (χ1n) is 6.40. The largest absolute Gasteiger partial charge is 0.399 e. The highest BCUT2D eigenvalue weighted by Crippen LogP contribution is 2.21. The number of pyridine rings is 1. The number of rotatable bonds is 2. The van der Waals surface area contributed by atoms with E-state index in [1.165, 1.54) is 11.6 Å². The highest BCUT2D eigenvalue weighted by atomic mass is 19.1. The molecule has 0 atom stereocenters. The monoisotopic (exact) mass is 258 g/mol. The maximum atomic E-state index is 13.8. The number of nitrogen functional groups attached to an aromatic ring is 1. The lowest BCUT2D eigenvalue weighted by atomic mass is 10.1. The third-order valence-corrected chi connectivity index (χ3v) is 3.65. The molecule has 1 aliphatic carbocycles. The highest BCUT2D eigenvalue weighted by molar-refractivity contribution is 5.40. The number of halogens is 1. The van der Waals surface area contributed by atoms with E-state index in [2.05, 4.69) is 0 Å². The second kappa shape index (κ2) is 4.53. The van der Waals surface area contributed by atoms with Crippen molar-refractivity contribution in [1.29, 1.82) is 0 Å². The molecule has 0 amide bonds. The molecule has 3 nitrogen and oxygen atoms in total. The number of aromatic nitrogens is 1. The molecule has 0 saturated carbocycles. The number of nitrogens with two attached hydrogens (primary N) is 1. The molecule has 3 rings (SSSR count). The number of benzene rings is 1. The molecule has 4 heteroatoms. The van der Waals surface area contributed by atoms with E-state index >= 15 is 0 Å². The van der Waals surface area contributed by atoms with E-state index in [-0.39, 0.29) is 17.9 Å². The predicted molar refractivity (Wildman–Crippen MR) is 72.6 cm³/mol. The van der Waals surface area contributed by atoms with Crippen molar-refractivity contribution in [2.24, 2.45) is 0 Å². The van der Waals surface area contributed by atoms with Gasteiger partial charge in [0, 0.05) is 23.0 Å². The first kappa shape index (κ1) is 12.0. The molecule has 1 aliphatic rings. The normalized spacial score (nSPS) is 13.5. The van der Waals surface area contributed by atoms with Crippen LogP contribution in [0.3, 0.4) is 0 Å². The number of nitrogens with zero attached hydrogens (tertiary/aromatic N) is 1. The summed E-state index contributed by atoms with van der Waals surface area (Å²) in [6, 6.07) is 8.06. The lowest BCUT2D eigenvalue weighted by Crippen LogP contribution is -2.23. The van der Waals surface area contributed by atoms with Gasteiger partial charge in [0.2, 0.25) is 0 Å². The molecule has 0 saturated heterocycles. The number of anilines is 1. The summed E-state index contributed by atoms with van der Waals surface area (Å²) in [5.74, 6) is -0.359. The van der Waals surface area contributed by atoms with Crippen molar-refractivity contribution in [2.75, 3.05) is 5.73 Å². The average Bonchev–Trinajstić information content (AvgIpc) is 2.84. The highest BCUT2D eigenvalue weighted by Gasteiger charge is 2.16. The van der Waals surface area contributed by atoms with Crippen LogP contribution in [0.25, 0.3) is 0 Å². The maximum Gasteiger partial charge on any atom is 0.251 e. The lowest BCUT2D eigenvalue weighted by Gasteiger charge is -2.12. The average molecular weight is 258 g/mol. The Morgan fingerprint density at radius 1 is 1.21 bits per heavy atom. The molecule has 98 valence electrons. The molecule has 2 aromatic rings. The van der Waals surface area contributed by atoms with E-state index in [1.807, 2.05) is 6.07 Å². The molecule has 0 aliphatic heterocycles. The summed E-state index contributed by atoms with van der Waals surface area (Å²) in [4.78, 5) is 12.0. The minimum Gasteiger partial charge on any atom is -0.399 e. The zero-order valence-corrected chi connectivity index (χ0v) is 10.5. The van der Waals surface area contributed by atoms with Crippen molar-refractivity contribution in [3.63, 3.8) is 0 Å². The molecular formula is C15H15FN2O. The summed E-state index contributed by atoms with van der Waals surface area (Å²) < 4.78 is 15.5. The molecule has 19 heavy (non-hydrogen) atoms. The molecule has 0 spiro atoms. The Hall–Kier alpha value is -2.10. The SMILES string of the molecule is Nc1ccc(Cn2c3c(ccc2=O)CCC3)c(F)c1. The first-order valence-corrected chi connectivity index (χ1v) is 6.40. The van der Waals surface area contributed by atoms with Gasteiger partial charge in [0.05, 0.1) is 6.54 Å². The van der Waals surface area contributed by atoms with Crippen molar-refractivity contribution < 1.29 is 4.39 Å². The van der Waals surface area contributed by atoms with Gasteiger partial charge in [0.25, 0.3) is 5.56 Å². The fraction of sp³-hybridized carbons (Fsp3) is 0.267. The van der Waals surface area contributed by atoms with Gasteiger partial charge in [-0.1, -0.05) is 12.1 Å². The van der Waals surface area contributed by atoms with Crippen molar-refractivity contribution >= 4 is 5.69 Å². The molecule has 0 radical (unpaired) electrons. The number of aryl methyl sites for hydroxylation is 1. The summed E-state index contributed by atoms with van der Waals surface area (Å²) in [5, 5.41) is 0. The quantitative estimate of drug-likeness (QED) is 0.839. The van der Waals surface area contributed by atoms with Crippen LogP contribution in [-0.4, -0.2) is 4.57 Å². The van der Waals surface area contributed by atoms with Gasteiger partial charge in [-0.15, -0.1) is 0 Å². The fourth-order valence-corrected chi connectivity index (χ4v) is 2.67. The lowest BCUT2D eigenvalue weighted by molar-refractivity contribution is 0.591. The van der Waals surface area contributed by atoms with E-state index < -0.39 is 0 Å². The summed E-state index contributed by atoms with van der Waals surface area (Å²) in [7, 11) is 0. The fourth-order valence-electron chi connectivity index (χ4n) is 2.67. The van der Waals surface area contributed by atoms with E-state index in [1.54, 1.807) is 22.8 Å². The molecule has 1 heterocycles. The Bertz CT molecular complexity index is 691. The minimum absolute atomic E-state index is 0.0723. The van der Waals surface area contributed by atoms with Gasteiger partial charge in [0.1, 0.15) is 5.82 Å². The van der Waals surface area contributed by atoms with Crippen molar-refractivity contribution in [1.82, 2.24) is 4.57 Å². The molecular weight excluding hydrogens is 243 g/mol. The van der Waals surface area contributed by atoms with Gasteiger partial charge < -0.3 is 10.3 Å². The zero-order valence-electron chi connectivity index (χ0n) is 10.5. The topological polar surface area (TPSA) is 48.0 Å². The van der Waals surface area contributed by atoms with Crippen LogP contribution >= 0.6 is 0 Å². The van der Waals surface area contributed by atoms with Crippen LogP contribution in [0.15, 0.2) is 35.1 Å². The maximum absolute atomic E-state index is 13.8. The van der Waals surface area contributed by atoms with Gasteiger partial charge in [0.15, 0.2) is 0 Å². The van der Waals surface area contributed by atoms with E-state index in [4.69, 9.17) is 5.73 Å². The third-order valence-electron chi connectivity index (χ3n) is 3.65. The Morgan fingerprint density at radius 2 is 2.05 bits per heavy atom. The molecule has 2 N–H and O–H groups in total. The Morgan fingerprint density at radius 3 is 2.84 bits per heavy atom. The first-order chi connectivity index (χ1) is 9.15. The standard InChI is InChI=1S/C15H15FN2O/c16-13-8-12(17)6-4-11(13)9-18-14-3-1-2-10(14)5-7-15(18)19/h4-8H,1-3,9,17H2. The second-order valence-electron chi connectivity index (χ2n) is 4.93. The van der Waals surface area contributed by atoms with Crippen molar-refractivity contribution in [3.05, 3.63) is 63.3 Å². The predicted octanol–water partition coefficient (Wildman–Crippen LogP) is 2.11. The molecule has 0 fully saturated rings. The van der Waals surface area contributed by atoms with Crippen LogP contribution in [0, 0.1) is 5.82 Å². The van der Waals surface area contributed by atoms with Gasteiger partial charge >= 0.3 is 0 Å². The van der Waals surface area contributed by atoms with Crippen LogP contribution < -0.4 is 11.3 Å². The molecule has 0 bridgehead atoms. The summed E-state index contributed by atoms with van der Waals surface area (Å²) in [6.07, 6.45) is 2.95. The van der Waals surface area contributed by atoms with E-state index in [0.717, 1.165) is 25.0 Å². The van der Waals surface area contributed by atoms with Gasteiger partial charge in [-0.25, -0.2) is 4.39 Å². The molecule has 0 unspecified atom stereocenters. The third kappa shape index (κ3) is 2.14. The van der Waals surface area contributed by atoms with Gasteiger partial charge in [-0.05, 0) is 37.0 Å². The number of fused-ring (bicyclic) bond motifs is 1. The smallest absolute Gasteiger partial charge is 0.251 e. The number of hydrogen-bond donors (Lipinski definition) is 1. The second-order valence-corrected chi connectivity index (χ2v) is 4.93. The summed E-state index contributed by atoms with van der Waals surface area (Å²) in [5.41, 5.74) is 8.60. The van der Waals surface area contributed by atoms with E-state index in [0.29, 0.717) is 11.3 Å². The van der Waals surface area contributed by atoms with Crippen molar-refractivity contribution in [3.8, 4) is 0 Å². The van der Waals surface area contributed by atoms with Crippen molar-refractivity contribution in [2.45, 2.75) is 25.8 Å². The molecule has 1 aromatic heterocycles. The Labute approximate surface area is 110 Å². The Kier molecular flexibility index (Phi) is 2.85. The van der Waals surface area contributed by atoms with Crippen LogP contribution in [0.4, 0.5) is 10.1 Å². The van der Waals surface area contributed by atoms with E-state index in [9.17, 15) is 9.18 Å². The molecule has 1 aromatic carbocycles. The number of hydrogen-bond acceptors (Lipinski definition) is 2. The minimum atomic E-state index is -0.359. The van der Waals surface area contributed by atoms with Crippen LogP contribution in [0.5, 0.6) is 0 Å². The van der Waals surface area contributed by atoms with Crippen LogP contribution in [0.1, 0.15) is 23.2 Å². The van der Waals surface area contributed by atoms with Crippen LogP contribution in [0.2, 0.25) is 0 Å². The Balaban J connectivity index is 2.04. The summed E-state index contributed by atoms with van der Waals surface area (Å²) in [6.45, 7) is 0.272. The van der Waals surface area contributed by atoms with Crippen LogP contribution in [-0.2, 0) is 19.4 Å². The zero-order chi connectivity index (χ0) is 13.4.